The average Bonchev–Trinajstić information content (AvgIpc) is 2.83. The molecule has 0 saturated heterocycles. The number of carbonyl (C=O) groups excluding carboxylic acids is 3. The van der Waals surface area contributed by atoms with Gasteiger partial charge in [-0.25, -0.2) is 9.79 Å². The topological polar surface area (TPSA) is 96.9 Å². The van der Waals surface area contributed by atoms with E-state index in [0.29, 0.717) is 17.8 Å². The van der Waals surface area contributed by atoms with Crippen molar-refractivity contribution in [2.75, 3.05) is 5.32 Å². The van der Waals surface area contributed by atoms with E-state index in [1.807, 2.05) is 36.4 Å². The first-order valence-corrected chi connectivity index (χ1v) is 10.4. The number of carbonyl (C=O) groups is 3. The van der Waals surface area contributed by atoms with Crippen molar-refractivity contribution in [1.82, 2.24) is 5.32 Å². The minimum absolute atomic E-state index is 0.150. The van der Waals surface area contributed by atoms with Gasteiger partial charge in [0.1, 0.15) is 5.60 Å². The number of para-hydroxylation sites is 1. The summed E-state index contributed by atoms with van der Waals surface area (Å²) in [5.41, 5.74) is 3.72. The third-order valence-electron chi connectivity index (χ3n) is 5.13. The molecule has 1 unspecified atom stereocenters. The van der Waals surface area contributed by atoms with Gasteiger partial charge in [0.15, 0.2) is 5.78 Å². The molecule has 160 valence electrons. The molecule has 4 rings (SSSR count). The van der Waals surface area contributed by atoms with Gasteiger partial charge in [0.05, 0.1) is 11.4 Å². The number of ether oxygens (including phenoxy) is 1. The zero-order valence-corrected chi connectivity index (χ0v) is 17.8. The van der Waals surface area contributed by atoms with Crippen LogP contribution in [0.2, 0.25) is 0 Å². The molecule has 0 spiro atoms. The second-order valence-electron chi connectivity index (χ2n) is 8.71. The van der Waals surface area contributed by atoms with Crippen LogP contribution in [0.25, 0.3) is 0 Å². The number of nitrogens with zero attached hydrogens (tertiary/aromatic N) is 1. The van der Waals surface area contributed by atoms with E-state index in [4.69, 9.17) is 4.74 Å². The number of ketones is 1. The van der Waals surface area contributed by atoms with E-state index in [-0.39, 0.29) is 5.78 Å². The van der Waals surface area contributed by atoms with E-state index < -0.39 is 23.8 Å². The summed E-state index contributed by atoms with van der Waals surface area (Å²) in [7, 11) is 0. The first kappa shape index (κ1) is 20.8. The monoisotopic (exact) mass is 419 g/mol. The molecule has 7 nitrogen and oxygen atoms in total. The van der Waals surface area contributed by atoms with Crippen LogP contribution in [0, 0.1) is 0 Å². The highest BCUT2D eigenvalue weighted by Gasteiger charge is 2.29. The molecule has 2 aliphatic rings. The van der Waals surface area contributed by atoms with Crippen LogP contribution in [-0.2, 0) is 16.0 Å². The van der Waals surface area contributed by atoms with Gasteiger partial charge >= 0.3 is 6.09 Å². The predicted octanol–water partition coefficient (Wildman–Crippen LogP) is 3.85. The standard InChI is InChI=1S/C24H25N3O4/c1-24(2,3)31-23(30)27-21-22(29)25-18-9-5-4-8-17(18)20(26-21)15-11-12-16-14(13-15)7-6-10-19(16)28/h4-5,8-9,11-13,21H,6-7,10H2,1-3H3,(H,25,29)(H,27,30). The lowest BCUT2D eigenvalue weighted by molar-refractivity contribution is -0.118. The van der Waals surface area contributed by atoms with Crippen LogP contribution in [0.1, 0.15) is 60.7 Å². The fourth-order valence-corrected chi connectivity index (χ4v) is 3.80. The van der Waals surface area contributed by atoms with E-state index in [2.05, 4.69) is 15.6 Å². The van der Waals surface area contributed by atoms with Gasteiger partial charge in [-0.3, -0.25) is 14.9 Å². The maximum Gasteiger partial charge on any atom is 0.409 e. The summed E-state index contributed by atoms with van der Waals surface area (Å²) in [6.45, 7) is 5.25. The Balaban J connectivity index is 1.76. The van der Waals surface area contributed by atoms with Crippen molar-refractivity contribution in [2.45, 2.75) is 51.8 Å². The van der Waals surface area contributed by atoms with E-state index in [9.17, 15) is 14.4 Å². The van der Waals surface area contributed by atoms with Crippen molar-refractivity contribution in [3.63, 3.8) is 0 Å². The molecular formula is C24H25N3O4. The van der Waals surface area contributed by atoms with Gasteiger partial charge in [-0.2, -0.15) is 0 Å². The number of benzene rings is 2. The zero-order valence-electron chi connectivity index (χ0n) is 17.8. The number of Topliss-reactive ketones (excluding diaryl/α,β-unsaturated/α-hetero) is 1. The molecule has 31 heavy (non-hydrogen) atoms. The summed E-state index contributed by atoms with van der Waals surface area (Å²) in [6, 6.07) is 13.0. The Labute approximate surface area is 180 Å². The number of rotatable bonds is 2. The van der Waals surface area contributed by atoms with Gasteiger partial charge in [-0.05, 0) is 51.3 Å². The van der Waals surface area contributed by atoms with Gasteiger partial charge in [-0.1, -0.05) is 30.3 Å². The van der Waals surface area contributed by atoms with Crippen molar-refractivity contribution in [2.24, 2.45) is 4.99 Å². The van der Waals surface area contributed by atoms with E-state index in [1.165, 1.54) is 0 Å². The molecule has 0 radical (unpaired) electrons. The summed E-state index contributed by atoms with van der Waals surface area (Å²) >= 11 is 0. The van der Waals surface area contributed by atoms with E-state index >= 15 is 0 Å². The molecule has 1 atom stereocenters. The lowest BCUT2D eigenvalue weighted by atomic mass is 9.88. The van der Waals surface area contributed by atoms with Gasteiger partial charge in [0, 0.05) is 23.1 Å². The number of nitrogens with one attached hydrogen (secondary N) is 2. The maximum absolute atomic E-state index is 12.8. The van der Waals surface area contributed by atoms with Gasteiger partial charge in [0.2, 0.25) is 6.17 Å². The van der Waals surface area contributed by atoms with Crippen molar-refractivity contribution in [1.29, 1.82) is 0 Å². The molecule has 2 N–H and O–H groups in total. The number of fused-ring (bicyclic) bond motifs is 2. The molecule has 0 aromatic heterocycles. The Morgan fingerprint density at radius 3 is 2.65 bits per heavy atom. The first-order valence-electron chi connectivity index (χ1n) is 10.4. The fraction of sp³-hybridized carbons (Fsp3) is 0.333. The second kappa shape index (κ2) is 7.98. The molecule has 0 fully saturated rings. The molecule has 0 bridgehead atoms. The molecule has 2 amide bonds. The smallest absolute Gasteiger partial charge is 0.409 e. The normalized spacial score (nSPS) is 18.2. The molecule has 0 saturated carbocycles. The lowest BCUT2D eigenvalue weighted by Crippen LogP contribution is -2.44. The van der Waals surface area contributed by atoms with Crippen LogP contribution in [0.15, 0.2) is 47.5 Å². The van der Waals surface area contributed by atoms with Crippen molar-refractivity contribution in [3.8, 4) is 0 Å². The highest BCUT2D eigenvalue weighted by atomic mass is 16.6. The van der Waals surface area contributed by atoms with Gasteiger partial charge in [-0.15, -0.1) is 0 Å². The summed E-state index contributed by atoms with van der Waals surface area (Å²) in [6.07, 6.45) is 0.325. The molecule has 7 heteroatoms. The van der Waals surface area contributed by atoms with Crippen molar-refractivity contribution < 1.29 is 19.1 Å². The number of hydrogen-bond acceptors (Lipinski definition) is 5. The molecule has 1 aliphatic heterocycles. The minimum Gasteiger partial charge on any atom is -0.444 e. The summed E-state index contributed by atoms with van der Waals surface area (Å²) in [4.78, 5) is 41.9. The molecule has 2 aromatic rings. The molecule has 2 aromatic carbocycles. The zero-order chi connectivity index (χ0) is 22.2. The quantitative estimate of drug-likeness (QED) is 0.773. The third kappa shape index (κ3) is 4.50. The van der Waals surface area contributed by atoms with Gasteiger partial charge < -0.3 is 10.1 Å². The Morgan fingerprint density at radius 2 is 1.87 bits per heavy atom. The maximum atomic E-state index is 12.8. The Hall–Kier alpha value is -3.48. The van der Waals surface area contributed by atoms with Crippen LogP contribution < -0.4 is 10.6 Å². The summed E-state index contributed by atoms with van der Waals surface area (Å²) in [5.74, 6) is -0.307. The lowest BCUT2D eigenvalue weighted by Gasteiger charge is -2.21. The first-order chi connectivity index (χ1) is 14.7. The third-order valence-corrected chi connectivity index (χ3v) is 5.13. The highest BCUT2D eigenvalue weighted by molar-refractivity contribution is 6.20. The number of alkyl carbamates (subject to hydrolysis) is 1. The Bertz CT molecular complexity index is 1100. The van der Waals surface area contributed by atoms with Crippen LogP contribution in [0.4, 0.5) is 10.5 Å². The Morgan fingerprint density at radius 1 is 1.10 bits per heavy atom. The molecule has 1 heterocycles. The van der Waals surface area contributed by atoms with Crippen molar-refractivity contribution in [3.05, 3.63) is 64.7 Å². The van der Waals surface area contributed by atoms with Crippen molar-refractivity contribution >= 4 is 29.2 Å². The number of aliphatic imine (C=N–C) groups is 1. The highest BCUT2D eigenvalue weighted by Crippen LogP contribution is 2.27. The second-order valence-corrected chi connectivity index (χ2v) is 8.71. The van der Waals surface area contributed by atoms with Crippen LogP contribution in [0.3, 0.4) is 0 Å². The summed E-state index contributed by atoms with van der Waals surface area (Å²) in [5, 5.41) is 5.39. The van der Waals surface area contributed by atoms with E-state index in [0.717, 1.165) is 35.1 Å². The fourth-order valence-electron chi connectivity index (χ4n) is 3.80. The van der Waals surface area contributed by atoms with Crippen LogP contribution in [0.5, 0.6) is 0 Å². The Kier molecular flexibility index (Phi) is 5.35. The molecule has 1 aliphatic carbocycles. The number of anilines is 1. The number of hydrogen-bond donors (Lipinski definition) is 2. The average molecular weight is 419 g/mol. The summed E-state index contributed by atoms with van der Waals surface area (Å²) < 4.78 is 5.30. The van der Waals surface area contributed by atoms with Crippen LogP contribution in [-0.4, -0.2) is 35.3 Å². The number of amides is 2. The predicted molar refractivity (Wildman–Crippen MR) is 118 cm³/mol. The number of benzodiazepines with no additional fused rings is 1. The SMILES string of the molecule is CC(C)(C)OC(=O)NC1N=C(c2ccc3c(c2)CCCC3=O)c2ccccc2NC1=O. The number of aryl methyl sites for hydroxylation is 1. The van der Waals surface area contributed by atoms with E-state index in [1.54, 1.807) is 26.8 Å². The van der Waals surface area contributed by atoms with Crippen LogP contribution >= 0.6 is 0 Å². The van der Waals surface area contributed by atoms with Gasteiger partial charge in [0.25, 0.3) is 5.91 Å². The molecular weight excluding hydrogens is 394 g/mol. The largest absolute Gasteiger partial charge is 0.444 e. The minimum atomic E-state index is -1.16.